The first kappa shape index (κ1) is 18.8. The van der Waals surface area contributed by atoms with Gasteiger partial charge in [-0.15, -0.1) is 0 Å². The van der Waals surface area contributed by atoms with E-state index < -0.39 is 0 Å². The van der Waals surface area contributed by atoms with E-state index >= 15 is 0 Å². The van der Waals surface area contributed by atoms with E-state index in [4.69, 9.17) is 26.1 Å². The van der Waals surface area contributed by atoms with Gasteiger partial charge < -0.3 is 19.7 Å². The number of amidine groups is 1. The minimum atomic E-state index is -0.257. The topological polar surface area (TPSA) is 63.2 Å². The molecule has 0 spiro atoms. The zero-order valence-corrected chi connectivity index (χ0v) is 16.6. The van der Waals surface area contributed by atoms with Crippen molar-refractivity contribution in [1.29, 1.82) is 0 Å². The van der Waals surface area contributed by atoms with Gasteiger partial charge in [-0.05, 0) is 30.3 Å². The number of esters is 1. The normalized spacial score (nSPS) is 19.5. The lowest BCUT2D eigenvalue weighted by Gasteiger charge is -2.37. The summed E-state index contributed by atoms with van der Waals surface area (Å²) in [5, 5.41) is 4.03. The molecule has 2 aliphatic rings. The van der Waals surface area contributed by atoms with Gasteiger partial charge in [-0.2, -0.15) is 0 Å². The molecule has 7 heteroatoms. The highest BCUT2D eigenvalue weighted by atomic mass is 35.5. The van der Waals surface area contributed by atoms with Gasteiger partial charge in [0.25, 0.3) is 0 Å². The number of nitrogens with zero attached hydrogens (tertiary/aromatic N) is 2. The molecule has 0 bridgehead atoms. The maximum atomic E-state index is 12.0. The van der Waals surface area contributed by atoms with E-state index in [1.165, 1.54) is 7.11 Å². The molecule has 2 heterocycles. The smallest absolute Gasteiger partial charge is 0.310 e. The number of hydrogen-bond donors (Lipinski definition) is 1. The minimum absolute atomic E-state index is 0.0286. The SMILES string of the molecule is COC(=O)C(C)[C@@H]1CN(C2=Nc3cc(Cl)ccc3Oc3ccccc32)CCN1. The van der Waals surface area contributed by atoms with Crippen LogP contribution in [0.25, 0.3) is 0 Å². The Balaban J connectivity index is 1.73. The zero-order valence-electron chi connectivity index (χ0n) is 15.8. The summed E-state index contributed by atoms with van der Waals surface area (Å²) < 4.78 is 11.0. The Morgan fingerprint density at radius 2 is 2.14 bits per heavy atom. The van der Waals surface area contributed by atoms with E-state index in [0.717, 1.165) is 30.2 Å². The predicted octanol–water partition coefficient (Wildman–Crippen LogP) is 3.61. The number of aliphatic imine (C=N–C) groups is 1. The van der Waals surface area contributed by atoms with Gasteiger partial charge in [0, 0.05) is 30.7 Å². The van der Waals surface area contributed by atoms with Crippen molar-refractivity contribution in [2.24, 2.45) is 10.9 Å². The van der Waals surface area contributed by atoms with Crippen molar-refractivity contribution in [2.75, 3.05) is 26.7 Å². The Hall–Kier alpha value is -2.57. The summed E-state index contributed by atoms with van der Waals surface area (Å²) in [4.78, 5) is 19.1. The fraction of sp³-hybridized carbons (Fsp3) is 0.333. The average Bonchev–Trinajstić information content (AvgIpc) is 2.89. The molecule has 2 atom stereocenters. The number of benzene rings is 2. The van der Waals surface area contributed by atoms with Crippen LogP contribution in [0.2, 0.25) is 5.02 Å². The summed E-state index contributed by atoms with van der Waals surface area (Å²) in [6.07, 6.45) is 0. The van der Waals surface area contributed by atoms with Crippen LogP contribution in [0.4, 0.5) is 5.69 Å². The third-order valence-corrected chi connectivity index (χ3v) is 5.41. The molecule has 1 saturated heterocycles. The number of para-hydroxylation sites is 1. The van der Waals surface area contributed by atoms with Gasteiger partial charge in [-0.1, -0.05) is 30.7 Å². The molecule has 0 radical (unpaired) electrons. The van der Waals surface area contributed by atoms with Gasteiger partial charge in [0.05, 0.1) is 18.6 Å². The van der Waals surface area contributed by atoms with Crippen LogP contribution in [0.1, 0.15) is 12.5 Å². The van der Waals surface area contributed by atoms with Gasteiger partial charge in [0.2, 0.25) is 0 Å². The standard InChI is InChI=1S/C21H22ClN3O3/c1-13(21(26)27-2)17-12-25(10-9-23-17)20-15-5-3-4-6-18(15)28-19-8-7-14(22)11-16(19)24-20/h3-8,11,13,17,23H,9-10,12H2,1-2H3/t13?,17-/m0/s1. The lowest BCUT2D eigenvalue weighted by atomic mass is 9.99. The van der Waals surface area contributed by atoms with Gasteiger partial charge >= 0.3 is 5.97 Å². The van der Waals surface area contributed by atoms with Crippen molar-refractivity contribution in [3.8, 4) is 11.5 Å². The van der Waals surface area contributed by atoms with Crippen LogP contribution in [-0.4, -0.2) is 49.5 Å². The van der Waals surface area contributed by atoms with E-state index in [1.54, 1.807) is 12.1 Å². The second kappa shape index (κ2) is 7.81. The number of methoxy groups -OCH3 is 1. The Labute approximate surface area is 169 Å². The summed E-state index contributed by atoms with van der Waals surface area (Å²) >= 11 is 6.19. The number of nitrogens with one attached hydrogen (secondary N) is 1. The molecular formula is C21H22ClN3O3. The number of carbonyl (C=O) groups excluding carboxylic acids is 1. The first-order chi connectivity index (χ1) is 13.6. The monoisotopic (exact) mass is 399 g/mol. The molecule has 0 aliphatic carbocycles. The highest BCUT2D eigenvalue weighted by Crippen LogP contribution is 2.39. The number of carbonyl (C=O) groups is 1. The molecule has 1 N–H and O–H groups in total. The highest BCUT2D eigenvalue weighted by Gasteiger charge is 2.32. The molecule has 0 aromatic heterocycles. The average molecular weight is 400 g/mol. The summed E-state index contributed by atoms with van der Waals surface area (Å²) in [7, 11) is 1.42. The fourth-order valence-electron chi connectivity index (χ4n) is 3.59. The Bertz CT molecular complexity index is 931. The van der Waals surface area contributed by atoms with E-state index in [9.17, 15) is 4.79 Å². The molecule has 0 amide bonds. The van der Waals surface area contributed by atoms with E-state index in [-0.39, 0.29) is 17.9 Å². The summed E-state index contributed by atoms with van der Waals surface area (Å²) in [5.41, 5.74) is 1.61. The van der Waals surface area contributed by atoms with Crippen LogP contribution in [-0.2, 0) is 9.53 Å². The van der Waals surface area contributed by atoms with Gasteiger partial charge in [-0.3, -0.25) is 4.79 Å². The highest BCUT2D eigenvalue weighted by molar-refractivity contribution is 6.31. The molecule has 28 heavy (non-hydrogen) atoms. The van der Waals surface area contributed by atoms with Crippen LogP contribution >= 0.6 is 11.6 Å². The minimum Gasteiger partial charge on any atom is -0.469 e. The number of halogens is 1. The van der Waals surface area contributed by atoms with Crippen LogP contribution in [0.5, 0.6) is 11.5 Å². The van der Waals surface area contributed by atoms with Crippen LogP contribution in [0.3, 0.4) is 0 Å². The number of fused-ring (bicyclic) bond motifs is 2. The van der Waals surface area contributed by atoms with Crippen LogP contribution < -0.4 is 10.1 Å². The van der Waals surface area contributed by atoms with E-state index in [2.05, 4.69) is 10.2 Å². The first-order valence-corrected chi connectivity index (χ1v) is 9.66. The third kappa shape index (κ3) is 3.57. The summed E-state index contributed by atoms with van der Waals surface area (Å²) in [5.74, 6) is 1.76. The Morgan fingerprint density at radius 3 is 2.96 bits per heavy atom. The molecule has 4 rings (SSSR count). The summed E-state index contributed by atoms with van der Waals surface area (Å²) in [6, 6.07) is 13.3. The van der Waals surface area contributed by atoms with Crippen molar-refractivity contribution < 1.29 is 14.3 Å². The van der Waals surface area contributed by atoms with Gasteiger partial charge in [-0.25, -0.2) is 4.99 Å². The molecule has 1 fully saturated rings. The molecule has 6 nitrogen and oxygen atoms in total. The van der Waals surface area contributed by atoms with Crippen LogP contribution in [0.15, 0.2) is 47.5 Å². The molecular weight excluding hydrogens is 378 g/mol. The summed E-state index contributed by atoms with van der Waals surface area (Å²) in [6.45, 7) is 4.04. The Morgan fingerprint density at radius 1 is 1.32 bits per heavy atom. The van der Waals surface area contributed by atoms with Crippen molar-refractivity contribution in [3.63, 3.8) is 0 Å². The largest absolute Gasteiger partial charge is 0.469 e. The fourth-order valence-corrected chi connectivity index (χ4v) is 3.76. The lowest BCUT2D eigenvalue weighted by Crippen LogP contribution is -2.56. The van der Waals surface area contributed by atoms with Crippen LogP contribution in [0, 0.1) is 5.92 Å². The molecule has 1 unspecified atom stereocenters. The van der Waals surface area contributed by atoms with E-state index in [0.29, 0.717) is 23.0 Å². The maximum Gasteiger partial charge on any atom is 0.310 e. The Kier molecular flexibility index (Phi) is 5.24. The second-order valence-electron chi connectivity index (χ2n) is 6.96. The lowest BCUT2D eigenvalue weighted by molar-refractivity contribution is -0.146. The molecule has 0 saturated carbocycles. The van der Waals surface area contributed by atoms with Crippen molar-refractivity contribution >= 4 is 29.1 Å². The quantitative estimate of drug-likeness (QED) is 0.781. The van der Waals surface area contributed by atoms with Gasteiger partial charge in [0.15, 0.2) is 5.75 Å². The maximum absolute atomic E-state index is 12.0. The number of piperazine rings is 1. The van der Waals surface area contributed by atoms with Crippen molar-refractivity contribution in [2.45, 2.75) is 13.0 Å². The molecule has 2 aromatic rings. The van der Waals surface area contributed by atoms with Gasteiger partial charge in [0.1, 0.15) is 17.3 Å². The number of rotatable bonds is 2. The van der Waals surface area contributed by atoms with E-state index in [1.807, 2.05) is 37.3 Å². The van der Waals surface area contributed by atoms with Crippen molar-refractivity contribution in [3.05, 3.63) is 53.1 Å². The first-order valence-electron chi connectivity index (χ1n) is 9.28. The van der Waals surface area contributed by atoms with Crippen molar-refractivity contribution in [1.82, 2.24) is 10.2 Å². The number of hydrogen-bond acceptors (Lipinski definition) is 6. The predicted molar refractivity (Wildman–Crippen MR) is 109 cm³/mol. The molecule has 146 valence electrons. The molecule has 2 aromatic carbocycles. The third-order valence-electron chi connectivity index (χ3n) is 5.18. The number of ether oxygens (including phenoxy) is 2. The zero-order chi connectivity index (χ0) is 19.7. The molecule has 2 aliphatic heterocycles. The second-order valence-corrected chi connectivity index (χ2v) is 7.40.